The van der Waals surface area contributed by atoms with Gasteiger partial charge in [-0.3, -0.25) is 4.79 Å². The third-order valence-corrected chi connectivity index (χ3v) is 16.7. The number of ketones is 1. The average molecular weight is 1010 g/mol. The molecule has 11 aromatic rings. The number of pyridine rings is 2. The van der Waals surface area contributed by atoms with Gasteiger partial charge in [0.1, 0.15) is 0 Å². The molecule has 0 amide bonds. The summed E-state index contributed by atoms with van der Waals surface area (Å²) in [7, 11) is 0. The number of nitrogens with zero attached hydrogens (tertiary/aromatic N) is 2. The monoisotopic (exact) mass is 1010 g/mol. The number of fused-ring (bicyclic) bond motifs is 4. The number of hydrogen-bond acceptors (Lipinski definition) is 1. The molecule has 3 heteroatoms. The van der Waals surface area contributed by atoms with Crippen LogP contribution in [0.2, 0.25) is 0 Å². The molecule has 0 spiro atoms. The highest BCUT2D eigenvalue weighted by molar-refractivity contribution is 6.11. The second-order valence-corrected chi connectivity index (χ2v) is 21.4. The average Bonchev–Trinajstić information content (AvgIpc) is 3.70. The summed E-state index contributed by atoms with van der Waals surface area (Å²) in [5.74, 6) is 0.283. The molecule has 0 aliphatic carbocycles. The molecule has 1 aliphatic rings. The van der Waals surface area contributed by atoms with Crippen molar-refractivity contribution in [2.75, 3.05) is 0 Å². The van der Waals surface area contributed by atoms with Crippen LogP contribution in [0, 0.1) is 6.92 Å². The summed E-state index contributed by atoms with van der Waals surface area (Å²) in [5, 5.41) is 2.43. The van der Waals surface area contributed by atoms with Gasteiger partial charge in [-0.2, -0.15) is 9.13 Å². The van der Waals surface area contributed by atoms with Crippen LogP contribution >= 0.6 is 0 Å². The van der Waals surface area contributed by atoms with Crippen molar-refractivity contribution in [1.29, 1.82) is 0 Å². The van der Waals surface area contributed by atoms with Crippen LogP contribution in [0.15, 0.2) is 249 Å². The quantitative estimate of drug-likeness (QED) is 0.0742. The van der Waals surface area contributed by atoms with E-state index in [1.54, 1.807) is 0 Å². The third-order valence-electron chi connectivity index (χ3n) is 16.7. The van der Waals surface area contributed by atoms with Crippen LogP contribution in [0.3, 0.4) is 0 Å². The lowest BCUT2D eigenvalue weighted by atomic mass is 9.70. The Bertz CT molecular complexity index is 3900. The largest absolute Gasteiger partial charge is 0.289 e. The zero-order valence-corrected chi connectivity index (χ0v) is 45.3. The van der Waals surface area contributed by atoms with E-state index in [9.17, 15) is 0 Å². The minimum absolute atomic E-state index is 0.0161. The van der Waals surface area contributed by atoms with Crippen molar-refractivity contribution < 1.29 is 13.9 Å². The lowest BCUT2D eigenvalue weighted by Gasteiger charge is -2.38. The Labute approximate surface area is 460 Å². The second kappa shape index (κ2) is 21.7. The predicted octanol–water partition coefficient (Wildman–Crippen LogP) is 18.3. The van der Waals surface area contributed by atoms with Gasteiger partial charge in [0, 0.05) is 40.8 Å². The minimum atomic E-state index is -0.241. The molecular formula is C75H66N2O+2. The summed E-state index contributed by atoms with van der Waals surface area (Å²) in [4.78, 5) is 15.2. The summed E-state index contributed by atoms with van der Waals surface area (Å²) >= 11 is 0. The fraction of sp³-hybridized carbons (Fsp3) is 0.160. The maximum Gasteiger partial charge on any atom is 0.232 e. The Kier molecular flexibility index (Phi) is 13.9. The van der Waals surface area contributed by atoms with Crippen molar-refractivity contribution in [3.05, 3.63) is 277 Å². The number of unbranched alkanes of at least 4 members (excludes halogenated alkanes) is 1. The van der Waals surface area contributed by atoms with Crippen LogP contribution in [-0.4, -0.2) is 5.78 Å². The first-order valence-electron chi connectivity index (χ1n) is 28.1. The van der Waals surface area contributed by atoms with Gasteiger partial charge in [0.05, 0.1) is 16.9 Å². The topological polar surface area (TPSA) is 24.8 Å². The number of carbonyl (C=O) groups excluding carboxylic acids is 1. The molecule has 2 aromatic heterocycles. The van der Waals surface area contributed by atoms with Gasteiger partial charge in [-0.15, -0.1) is 0 Å². The Hall–Kier alpha value is -8.79. The van der Waals surface area contributed by atoms with E-state index in [0.717, 1.165) is 81.4 Å². The van der Waals surface area contributed by atoms with E-state index in [2.05, 4.69) is 262 Å². The zero-order chi connectivity index (χ0) is 53.2. The second-order valence-electron chi connectivity index (χ2n) is 21.4. The molecule has 0 radical (unpaired) electrons. The van der Waals surface area contributed by atoms with Crippen molar-refractivity contribution in [2.45, 2.75) is 77.8 Å². The first-order valence-corrected chi connectivity index (χ1v) is 28.1. The van der Waals surface area contributed by atoms with Crippen LogP contribution in [0.1, 0.15) is 85.0 Å². The van der Waals surface area contributed by atoms with E-state index in [1.807, 2.05) is 24.3 Å². The molecule has 2 atom stereocenters. The lowest BCUT2D eigenvalue weighted by molar-refractivity contribution is -0.828. The van der Waals surface area contributed by atoms with Gasteiger partial charge in [-0.25, -0.2) is 0 Å². The van der Waals surface area contributed by atoms with Crippen molar-refractivity contribution in [2.24, 2.45) is 0 Å². The SMILES string of the molecule is CCCCc1ccc2[n+](c1)C(CC)(C[n+]1ccc3ccccc3c1-c1cc(-c3cccc(C(=O)c4cc(-c5cccc(-c6ccccc6)c5)cc(-c5cccc(-c6ccccc6)c5)c4)c3)ccc1C)C(CC)c1ccccc1-2. The molecule has 12 rings (SSSR count). The highest BCUT2D eigenvalue weighted by atomic mass is 16.1. The number of hydrogen-bond donors (Lipinski definition) is 0. The van der Waals surface area contributed by atoms with Gasteiger partial charge in [0.2, 0.25) is 23.5 Å². The first-order chi connectivity index (χ1) is 38.3. The molecule has 0 fully saturated rings. The molecule has 0 N–H and O–H groups in total. The van der Waals surface area contributed by atoms with Gasteiger partial charge in [0.15, 0.2) is 18.2 Å². The highest BCUT2D eigenvalue weighted by Gasteiger charge is 2.55. The molecular weight excluding hydrogens is 945 g/mol. The Morgan fingerprint density at radius 3 is 1.72 bits per heavy atom. The Morgan fingerprint density at radius 1 is 0.487 bits per heavy atom. The molecule has 3 heterocycles. The van der Waals surface area contributed by atoms with E-state index in [1.165, 1.54) is 62.8 Å². The van der Waals surface area contributed by atoms with E-state index < -0.39 is 0 Å². The molecule has 380 valence electrons. The van der Waals surface area contributed by atoms with Crippen molar-refractivity contribution in [1.82, 2.24) is 0 Å². The predicted molar refractivity (Wildman–Crippen MR) is 323 cm³/mol. The molecule has 0 saturated carbocycles. The first kappa shape index (κ1) is 50.1. The van der Waals surface area contributed by atoms with Gasteiger partial charge < -0.3 is 0 Å². The number of rotatable bonds is 15. The molecule has 2 unspecified atom stereocenters. The summed E-state index contributed by atoms with van der Waals surface area (Å²) in [6.45, 7) is 10.1. The summed E-state index contributed by atoms with van der Waals surface area (Å²) in [5.41, 5.74) is 20.9. The minimum Gasteiger partial charge on any atom is -0.289 e. The smallest absolute Gasteiger partial charge is 0.232 e. The number of aromatic nitrogens is 2. The van der Waals surface area contributed by atoms with Gasteiger partial charge in [-0.05, 0) is 159 Å². The van der Waals surface area contributed by atoms with Crippen molar-refractivity contribution >= 4 is 16.6 Å². The maximum absolute atomic E-state index is 15.2. The van der Waals surface area contributed by atoms with Crippen molar-refractivity contribution in [3.8, 4) is 78.1 Å². The molecule has 0 saturated heterocycles. The normalized spacial score (nSPS) is 14.7. The molecule has 1 aliphatic heterocycles. The molecule has 9 aromatic carbocycles. The summed E-state index contributed by atoms with van der Waals surface area (Å²) < 4.78 is 5.26. The van der Waals surface area contributed by atoms with E-state index in [-0.39, 0.29) is 11.3 Å². The summed E-state index contributed by atoms with van der Waals surface area (Å²) in [6.07, 6.45) is 10.2. The number of benzene rings is 9. The standard InChI is InChI=1S/C75H66N2O/c1-5-8-22-53-38-40-72-69-36-18-17-35-68(69)71(6-2)75(7-3,77(72)50-53)51-76-42-41-56-27-15-16-34-67(56)73(76)70-49-62(39-37-52(70)4)59-30-21-33-63(45-59)74(78)66-47-64(60-31-19-28-57(43-60)54-23-11-9-12-24-54)46-65(48-66)61-32-20-29-58(44-61)55-25-13-10-14-26-55/h9-21,23-50,71H,5-8,22,51H2,1-4H3/q+2. The fourth-order valence-electron chi connectivity index (χ4n) is 12.6. The molecule has 0 bridgehead atoms. The van der Waals surface area contributed by atoms with E-state index >= 15 is 4.79 Å². The number of aryl methyl sites for hydroxylation is 2. The molecule has 3 nitrogen and oxygen atoms in total. The highest BCUT2D eigenvalue weighted by Crippen LogP contribution is 2.46. The van der Waals surface area contributed by atoms with Gasteiger partial charge in [-0.1, -0.05) is 191 Å². The lowest BCUT2D eigenvalue weighted by Crippen LogP contribution is -2.68. The van der Waals surface area contributed by atoms with Crippen LogP contribution < -0.4 is 9.13 Å². The number of carbonyl (C=O) groups is 1. The maximum atomic E-state index is 15.2. The molecule has 78 heavy (non-hydrogen) atoms. The zero-order valence-electron chi connectivity index (χ0n) is 45.3. The van der Waals surface area contributed by atoms with Crippen LogP contribution in [0.5, 0.6) is 0 Å². The fourth-order valence-corrected chi connectivity index (χ4v) is 12.6. The van der Waals surface area contributed by atoms with Crippen LogP contribution in [0.25, 0.3) is 88.9 Å². The third kappa shape index (κ3) is 9.49. The summed E-state index contributed by atoms with van der Waals surface area (Å²) in [6, 6.07) is 84.8. The van der Waals surface area contributed by atoms with Gasteiger partial charge in [0.25, 0.3) is 0 Å². The van der Waals surface area contributed by atoms with E-state index in [0.29, 0.717) is 17.0 Å². The Balaban J connectivity index is 0.954. The van der Waals surface area contributed by atoms with Gasteiger partial charge >= 0.3 is 0 Å². The Morgan fingerprint density at radius 2 is 1.05 bits per heavy atom. The van der Waals surface area contributed by atoms with Crippen LogP contribution in [0.4, 0.5) is 0 Å². The van der Waals surface area contributed by atoms with E-state index in [4.69, 9.17) is 0 Å². The van der Waals surface area contributed by atoms with Crippen molar-refractivity contribution in [3.63, 3.8) is 0 Å². The van der Waals surface area contributed by atoms with Crippen LogP contribution in [-0.2, 0) is 18.5 Å².